The predicted octanol–water partition coefficient (Wildman–Crippen LogP) is 3.17. The summed E-state index contributed by atoms with van der Waals surface area (Å²) in [4.78, 5) is 25.4. The molecule has 0 aromatic carbocycles. The molecule has 0 bridgehead atoms. The van der Waals surface area contributed by atoms with Crippen LogP contribution in [0.2, 0.25) is 0 Å². The normalized spacial score (nSPS) is 10.6. The fourth-order valence-corrected chi connectivity index (χ4v) is 1.79. The van der Waals surface area contributed by atoms with Gasteiger partial charge in [0.2, 0.25) is 0 Å². The van der Waals surface area contributed by atoms with E-state index in [1.54, 1.807) is 6.20 Å². The number of fused-ring (bicyclic) bond motifs is 3. The minimum absolute atomic E-state index is 0.229. The zero-order valence-electron chi connectivity index (χ0n) is 12.2. The number of rotatable bonds is 2. The van der Waals surface area contributed by atoms with E-state index in [0.29, 0.717) is 5.52 Å². The van der Waals surface area contributed by atoms with Crippen LogP contribution < -0.4 is 5.69 Å². The van der Waals surface area contributed by atoms with Crippen LogP contribution in [0.25, 0.3) is 22.1 Å². The summed E-state index contributed by atoms with van der Waals surface area (Å²) >= 11 is 0. The number of unbranched alkanes of at least 4 members (excludes halogenated alkanes) is 1. The fraction of sp³-hybridized carbons (Fsp3) is 0.400. The van der Waals surface area contributed by atoms with Crippen LogP contribution in [0.3, 0.4) is 0 Å². The molecule has 3 aromatic rings. The molecule has 20 heavy (non-hydrogen) atoms. The van der Waals surface area contributed by atoms with E-state index in [2.05, 4.69) is 33.8 Å². The summed E-state index contributed by atoms with van der Waals surface area (Å²) in [5, 5.41) is 0. The Bertz CT molecular complexity index is 755. The smallest absolute Gasteiger partial charge is 0.304 e. The van der Waals surface area contributed by atoms with Crippen molar-refractivity contribution in [3.05, 3.63) is 34.5 Å². The lowest BCUT2D eigenvalue weighted by molar-refractivity contribution is 0.886. The fourth-order valence-electron chi connectivity index (χ4n) is 1.79. The van der Waals surface area contributed by atoms with Crippen molar-refractivity contribution in [1.82, 2.24) is 19.9 Å². The van der Waals surface area contributed by atoms with Crippen LogP contribution in [0.4, 0.5) is 0 Å². The van der Waals surface area contributed by atoms with Crippen LogP contribution in [-0.2, 0) is 6.42 Å². The van der Waals surface area contributed by atoms with Gasteiger partial charge in [-0.2, -0.15) is 0 Å². The van der Waals surface area contributed by atoms with Crippen LogP contribution in [0, 0.1) is 0 Å². The molecule has 0 atom stereocenters. The molecular weight excluding hydrogens is 252 g/mol. The second-order valence-electron chi connectivity index (χ2n) is 4.65. The number of aryl methyl sites for hydroxylation is 1. The third-order valence-electron chi connectivity index (χ3n) is 3.12. The molecule has 3 heterocycles. The number of aromatic nitrogens is 4. The van der Waals surface area contributed by atoms with Gasteiger partial charge in [-0.1, -0.05) is 33.6 Å². The Balaban J connectivity index is 0.000000328. The summed E-state index contributed by atoms with van der Waals surface area (Å²) in [7, 11) is 0. The van der Waals surface area contributed by atoms with Gasteiger partial charge in [0.15, 0.2) is 0 Å². The van der Waals surface area contributed by atoms with Gasteiger partial charge in [-0.25, -0.2) is 9.78 Å². The highest BCUT2D eigenvalue weighted by Crippen LogP contribution is 2.17. The van der Waals surface area contributed by atoms with Crippen molar-refractivity contribution in [2.24, 2.45) is 0 Å². The topological polar surface area (TPSA) is 74.4 Å². The second-order valence-corrected chi connectivity index (χ2v) is 4.65. The maximum absolute atomic E-state index is 11.2. The molecule has 3 rings (SSSR count). The molecule has 0 fully saturated rings. The molecule has 0 radical (unpaired) electrons. The number of hydrogen-bond donors (Lipinski definition) is 2. The Kier molecular flexibility index (Phi) is 4.50. The predicted molar refractivity (Wildman–Crippen MR) is 82.0 cm³/mol. The minimum atomic E-state index is -0.229. The molecule has 0 saturated heterocycles. The largest absolute Gasteiger partial charge is 0.323 e. The first kappa shape index (κ1) is 14.2. The molecule has 0 spiro atoms. The average molecular weight is 272 g/mol. The lowest BCUT2D eigenvalue weighted by Crippen LogP contribution is -1.99. The molecule has 0 amide bonds. The highest BCUT2D eigenvalue weighted by molar-refractivity contribution is 5.98. The lowest BCUT2D eigenvalue weighted by atomic mass is 10.2. The van der Waals surface area contributed by atoms with Crippen LogP contribution in [0.1, 0.15) is 39.3 Å². The van der Waals surface area contributed by atoms with E-state index >= 15 is 0 Å². The highest BCUT2D eigenvalue weighted by atomic mass is 16.1. The van der Waals surface area contributed by atoms with E-state index in [4.69, 9.17) is 0 Å². The molecule has 0 aliphatic rings. The summed E-state index contributed by atoms with van der Waals surface area (Å²) in [6.07, 6.45) is 5.14. The van der Waals surface area contributed by atoms with Crippen molar-refractivity contribution in [2.75, 3.05) is 0 Å². The quantitative estimate of drug-likeness (QED) is 0.752. The third-order valence-corrected chi connectivity index (χ3v) is 3.12. The molecule has 3 aromatic heterocycles. The van der Waals surface area contributed by atoms with Gasteiger partial charge in [0.25, 0.3) is 0 Å². The summed E-state index contributed by atoms with van der Waals surface area (Å²) < 4.78 is 0. The molecule has 0 unspecified atom stereocenters. The number of nitrogens with zero attached hydrogens (tertiary/aromatic N) is 2. The number of nitrogens with one attached hydrogen (secondary N) is 2. The SMILES string of the molecule is CCCC.CCc1ccc2ncc3[nH]c(=O)[nH]c3c2n1. The molecule has 5 heteroatoms. The number of H-pyrrole nitrogens is 2. The monoisotopic (exact) mass is 272 g/mol. The van der Waals surface area contributed by atoms with E-state index < -0.39 is 0 Å². The lowest BCUT2D eigenvalue weighted by Gasteiger charge is -2.00. The van der Waals surface area contributed by atoms with Gasteiger partial charge in [-0.15, -0.1) is 0 Å². The van der Waals surface area contributed by atoms with Gasteiger partial charge >= 0.3 is 5.69 Å². The molecule has 0 saturated carbocycles. The molecule has 0 aliphatic heterocycles. The highest BCUT2D eigenvalue weighted by Gasteiger charge is 2.06. The van der Waals surface area contributed by atoms with E-state index in [-0.39, 0.29) is 5.69 Å². The maximum Gasteiger partial charge on any atom is 0.323 e. The summed E-state index contributed by atoms with van der Waals surface area (Å²) in [5.41, 5.74) is 3.72. The van der Waals surface area contributed by atoms with E-state index in [1.165, 1.54) is 12.8 Å². The molecule has 5 nitrogen and oxygen atoms in total. The second kappa shape index (κ2) is 6.32. The summed E-state index contributed by atoms with van der Waals surface area (Å²) in [6, 6.07) is 3.87. The number of hydrogen-bond acceptors (Lipinski definition) is 3. The number of aromatic amines is 2. The molecule has 106 valence electrons. The Morgan fingerprint density at radius 3 is 2.50 bits per heavy atom. The van der Waals surface area contributed by atoms with E-state index in [1.807, 2.05) is 19.1 Å². The standard InChI is InChI=1S/C11H10N4O.C4H10/c1-2-6-3-4-7-9(13-6)10-8(5-12-7)14-11(16)15-10;1-3-4-2/h3-5H,2H2,1H3,(H2,14,15,16);3-4H2,1-2H3. The van der Waals surface area contributed by atoms with Crippen LogP contribution in [0.5, 0.6) is 0 Å². The molecule has 0 aliphatic carbocycles. The van der Waals surface area contributed by atoms with Gasteiger partial charge in [0, 0.05) is 5.69 Å². The number of imidazole rings is 1. The molecule has 2 N–H and O–H groups in total. The Morgan fingerprint density at radius 2 is 1.85 bits per heavy atom. The van der Waals surface area contributed by atoms with Crippen molar-refractivity contribution in [2.45, 2.75) is 40.0 Å². The zero-order chi connectivity index (χ0) is 14.5. The minimum Gasteiger partial charge on any atom is -0.304 e. The Morgan fingerprint density at radius 1 is 1.10 bits per heavy atom. The summed E-state index contributed by atoms with van der Waals surface area (Å²) in [5.74, 6) is 0. The Labute approximate surface area is 117 Å². The summed E-state index contributed by atoms with van der Waals surface area (Å²) in [6.45, 7) is 6.40. The van der Waals surface area contributed by atoms with Crippen molar-refractivity contribution in [3.63, 3.8) is 0 Å². The average Bonchev–Trinajstić information content (AvgIpc) is 2.87. The van der Waals surface area contributed by atoms with Gasteiger partial charge in [0.05, 0.1) is 22.7 Å². The first-order valence-corrected chi connectivity index (χ1v) is 7.06. The van der Waals surface area contributed by atoms with Gasteiger partial charge in [-0.05, 0) is 18.6 Å². The Hall–Kier alpha value is -2.17. The van der Waals surface area contributed by atoms with Crippen LogP contribution >= 0.6 is 0 Å². The maximum atomic E-state index is 11.2. The van der Waals surface area contributed by atoms with Crippen molar-refractivity contribution in [1.29, 1.82) is 0 Å². The van der Waals surface area contributed by atoms with Crippen LogP contribution in [-0.4, -0.2) is 19.9 Å². The third kappa shape index (κ3) is 2.87. The van der Waals surface area contributed by atoms with Crippen molar-refractivity contribution in [3.8, 4) is 0 Å². The number of pyridine rings is 2. The van der Waals surface area contributed by atoms with Gasteiger partial charge < -0.3 is 9.97 Å². The first-order chi connectivity index (χ1) is 9.69. The van der Waals surface area contributed by atoms with Crippen molar-refractivity contribution >= 4 is 22.1 Å². The van der Waals surface area contributed by atoms with E-state index in [0.717, 1.165) is 28.7 Å². The zero-order valence-corrected chi connectivity index (χ0v) is 12.2. The van der Waals surface area contributed by atoms with Crippen LogP contribution in [0.15, 0.2) is 23.1 Å². The van der Waals surface area contributed by atoms with Gasteiger partial charge in [-0.3, -0.25) is 4.98 Å². The molecular formula is C15H20N4O. The first-order valence-electron chi connectivity index (χ1n) is 7.06. The van der Waals surface area contributed by atoms with Crippen molar-refractivity contribution < 1.29 is 0 Å². The van der Waals surface area contributed by atoms with E-state index in [9.17, 15) is 4.79 Å². The van der Waals surface area contributed by atoms with Gasteiger partial charge in [0.1, 0.15) is 5.52 Å².